The molecule has 0 spiro atoms. The van der Waals surface area contributed by atoms with Crippen LogP contribution in [-0.2, 0) is 13.0 Å². The van der Waals surface area contributed by atoms with E-state index in [1.54, 1.807) is 12.1 Å². The van der Waals surface area contributed by atoms with Crippen molar-refractivity contribution in [2.75, 3.05) is 0 Å². The Bertz CT molecular complexity index is 1250. The normalized spacial score (nSPS) is 15.0. The van der Waals surface area contributed by atoms with E-state index in [4.69, 9.17) is 10.5 Å². The minimum Gasteiger partial charge on any atom is -0.438 e. The van der Waals surface area contributed by atoms with Crippen LogP contribution in [0.2, 0.25) is 0 Å². The summed E-state index contributed by atoms with van der Waals surface area (Å²) in [6.07, 6.45) is 3.69. The van der Waals surface area contributed by atoms with Gasteiger partial charge in [-0.1, -0.05) is 54.6 Å². The average Bonchev–Trinajstić information content (AvgIpc) is 3.21. The van der Waals surface area contributed by atoms with E-state index in [0.29, 0.717) is 17.5 Å². The number of rotatable bonds is 6. The molecule has 0 radical (unpaired) electrons. The number of fused-ring (bicyclic) bond motifs is 2. The van der Waals surface area contributed by atoms with Gasteiger partial charge in [0, 0.05) is 30.2 Å². The summed E-state index contributed by atoms with van der Waals surface area (Å²) in [4.78, 5) is 15.4. The maximum atomic E-state index is 11.2. The molecule has 0 saturated carbocycles. The Hall–Kier alpha value is -3.70. The molecule has 31 heavy (non-hydrogen) atoms. The third kappa shape index (κ3) is 3.88. The van der Waals surface area contributed by atoms with Crippen molar-refractivity contribution >= 4 is 16.7 Å². The van der Waals surface area contributed by atoms with Gasteiger partial charge >= 0.3 is 0 Å². The van der Waals surface area contributed by atoms with E-state index in [0.717, 1.165) is 35.9 Å². The zero-order chi connectivity index (χ0) is 21.2. The van der Waals surface area contributed by atoms with Gasteiger partial charge in [-0.15, -0.1) is 0 Å². The van der Waals surface area contributed by atoms with E-state index in [2.05, 4.69) is 58.8 Å². The summed E-state index contributed by atoms with van der Waals surface area (Å²) < 4.78 is 6.02. The predicted molar refractivity (Wildman–Crippen MR) is 121 cm³/mol. The van der Waals surface area contributed by atoms with Gasteiger partial charge in [-0.25, -0.2) is 4.98 Å². The van der Waals surface area contributed by atoms with Gasteiger partial charge in [-0.2, -0.15) is 0 Å². The molecule has 0 bridgehead atoms. The van der Waals surface area contributed by atoms with Crippen molar-refractivity contribution in [2.45, 2.75) is 25.4 Å². The monoisotopic (exact) mass is 409 g/mol. The quantitative estimate of drug-likeness (QED) is 0.475. The first kappa shape index (κ1) is 19.3. The zero-order valence-electron chi connectivity index (χ0n) is 17.0. The zero-order valence-corrected chi connectivity index (χ0v) is 17.0. The van der Waals surface area contributed by atoms with Gasteiger partial charge in [-0.05, 0) is 47.1 Å². The predicted octanol–water partition coefficient (Wildman–Crippen LogP) is 4.90. The van der Waals surface area contributed by atoms with Crippen LogP contribution in [0.1, 0.15) is 39.5 Å². The van der Waals surface area contributed by atoms with Crippen molar-refractivity contribution < 1.29 is 9.53 Å². The van der Waals surface area contributed by atoms with Crippen LogP contribution in [0, 0.1) is 0 Å². The molecule has 5 rings (SSSR count). The number of aryl methyl sites for hydroxylation is 1. The lowest BCUT2D eigenvalue weighted by Crippen LogP contribution is -2.18. The first-order valence-electron chi connectivity index (χ1n) is 10.4. The molecule has 0 saturated heterocycles. The van der Waals surface area contributed by atoms with E-state index in [1.807, 2.05) is 12.1 Å². The fourth-order valence-corrected chi connectivity index (χ4v) is 4.29. The summed E-state index contributed by atoms with van der Waals surface area (Å²) in [5.41, 5.74) is 9.72. The van der Waals surface area contributed by atoms with E-state index >= 15 is 0 Å². The Morgan fingerprint density at radius 1 is 1.00 bits per heavy atom. The number of benzene rings is 3. The lowest BCUT2D eigenvalue weighted by atomic mass is 10.0. The number of nitrogens with zero attached hydrogens (tertiary/aromatic N) is 1. The van der Waals surface area contributed by atoms with Crippen LogP contribution >= 0.6 is 0 Å². The van der Waals surface area contributed by atoms with Gasteiger partial charge in [-0.3, -0.25) is 4.79 Å². The molecule has 1 aliphatic carbocycles. The number of primary amides is 1. The van der Waals surface area contributed by atoms with Crippen molar-refractivity contribution in [1.82, 2.24) is 10.3 Å². The fraction of sp³-hybridized carbons (Fsp3) is 0.154. The number of nitrogens with two attached hydrogens (primary N) is 1. The smallest absolute Gasteiger partial charge is 0.250 e. The van der Waals surface area contributed by atoms with Crippen molar-refractivity contribution in [2.24, 2.45) is 5.73 Å². The standard InChI is InChI=1S/C26H23N3O2/c27-26(30)19-12-14-25(29-16-19)31-24-10-4-8-20-18(6-3-9-22(20)24)15-28-23-13-11-17-5-1-2-7-21(17)23/h1-10,12,14,16,23,28H,11,13,15H2,(H2,27,30)/t23-/m1/s1. The molecule has 1 atom stereocenters. The first-order valence-corrected chi connectivity index (χ1v) is 10.4. The van der Waals surface area contributed by atoms with Crippen molar-refractivity contribution in [3.8, 4) is 11.6 Å². The van der Waals surface area contributed by atoms with Crippen molar-refractivity contribution in [3.63, 3.8) is 0 Å². The number of ether oxygens (including phenoxy) is 1. The first-order chi connectivity index (χ1) is 15.2. The molecule has 3 N–H and O–H groups in total. The Balaban J connectivity index is 1.38. The molecule has 1 aromatic heterocycles. The summed E-state index contributed by atoms with van der Waals surface area (Å²) in [5.74, 6) is 0.639. The van der Waals surface area contributed by atoms with Crippen LogP contribution in [0.4, 0.5) is 0 Å². The van der Waals surface area contributed by atoms with E-state index in [-0.39, 0.29) is 0 Å². The van der Waals surface area contributed by atoms with Crippen molar-refractivity contribution in [1.29, 1.82) is 0 Å². The molecule has 1 amide bonds. The Labute approximate surface area is 180 Å². The molecule has 5 heteroatoms. The lowest BCUT2D eigenvalue weighted by molar-refractivity contribution is 0.1000. The van der Waals surface area contributed by atoms with Crippen LogP contribution in [0.3, 0.4) is 0 Å². The van der Waals surface area contributed by atoms with Crippen LogP contribution in [0.25, 0.3) is 10.8 Å². The van der Waals surface area contributed by atoms with E-state index in [1.165, 1.54) is 22.9 Å². The second-order valence-corrected chi connectivity index (χ2v) is 7.79. The Morgan fingerprint density at radius 2 is 1.84 bits per heavy atom. The third-order valence-electron chi connectivity index (χ3n) is 5.88. The Kier molecular flexibility index (Phi) is 5.10. The minimum atomic E-state index is -0.508. The number of carbonyl (C=O) groups is 1. The summed E-state index contributed by atoms with van der Waals surface area (Å²) in [6.45, 7) is 0.783. The van der Waals surface area contributed by atoms with Gasteiger partial charge in [0.15, 0.2) is 0 Å². The highest BCUT2D eigenvalue weighted by Gasteiger charge is 2.21. The molecular formula is C26H23N3O2. The lowest BCUT2D eigenvalue weighted by Gasteiger charge is -2.16. The second-order valence-electron chi connectivity index (χ2n) is 7.79. The highest BCUT2D eigenvalue weighted by molar-refractivity contribution is 5.92. The number of pyridine rings is 1. The van der Waals surface area contributed by atoms with E-state index < -0.39 is 5.91 Å². The highest BCUT2D eigenvalue weighted by atomic mass is 16.5. The summed E-state index contributed by atoms with van der Waals surface area (Å²) >= 11 is 0. The number of hydrogen-bond donors (Lipinski definition) is 2. The van der Waals surface area contributed by atoms with Gasteiger partial charge in [0.05, 0.1) is 5.56 Å². The molecule has 1 aliphatic rings. The Morgan fingerprint density at radius 3 is 2.68 bits per heavy atom. The fourth-order valence-electron chi connectivity index (χ4n) is 4.29. The van der Waals surface area contributed by atoms with E-state index in [9.17, 15) is 4.79 Å². The molecule has 1 heterocycles. The topological polar surface area (TPSA) is 77.2 Å². The van der Waals surface area contributed by atoms with Gasteiger partial charge < -0.3 is 15.8 Å². The maximum Gasteiger partial charge on any atom is 0.250 e. The van der Waals surface area contributed by atoms with Gasteiger partial charge in [0.25, 0.3) is 0 Å². The molecule has 154 valence electrons. The maximum absolute atomic E-state index is 11.2. The van der Waals surface area contributed by atoms with Crippen LogP contribution in [-0.4, -0.2) is 10.9 Å². The second kappa shape index (κ2) is 8.20. The number of nitrogens with one attached hydrogen (secondary N) is 1. The van der Waals surface area contributed by atoms with Crippen molar-refractivity contribution in [3.05, 3.63) is 101 Å². The molecular weight excluding hydrogens is 386 g/mol. The number of hydrogen-bond acceptors (Lipinski definition) is 4. The molecule has 0 unspecified atom stereocenters. The summed E-state index contributed by atoms with van der Waals surface area (Å²) in [5, 5.41) is 5.90. The largest absolute Gasteiger partial charge is 0.438 e. The molecule has 5 nitrogen and oxygen atoms in total. The van der Waals surface area contributed by atoms with Crippen LogP contribution in [0.5, 0.6) is 11.6 Å². The number of aromatic nitrogens is 1. The summed E-state index contributed by atoms with van der Waals surface area (Å²) in [6, 6.07) is 24.6. The van der Waals surface area contributed by atoms with Crippen LogP contribution < -0.4 is 15.8 Å². The molecule has 0 aliphatic heterocycles. The number of carbonyl (C=O) groups excluding carboxylic acids is 1. The average molecular weight is 409 g/mol. The molecule has 0 fully saturated rings. The SMILES string of the molecule is NC(=O)c1ccc(Oc2cccc3c(CN[C@@H]4CCc5ccccc54)cccc23)nc1. The van der Waals surface area contributed by atoms with Gasteiger partial charge in [0.1, 0.15) is 5.75 Å². The van der Waals surface area contributed by atoms with Gasteiger partial charge in [0.2, 0.25) is 11.8 Å². The number of amides is 1. The van der Waals surface area contributed by atoms with Crippen LogP contribution in [0.15, 0.2) is 79.0 Å². The minimum absolute atomic E-state index is 0.354. The highest BCUT2D eigenvalue weighted by Crippen LogP contribution is 2.33. The third-order valence-corrected chi connectivity index (χ3v) is 5.88. The molecule has 4 aromatic rings. The summed E-state index contributed by atoms with van der Waals surface area (Å²) in [7, 11) is 0. The molecule has 3 aromatic carbocycles.